The number of carbonyl (C=O) groups is 2. The number of benzene rings is 1. The Hall–Kier alpha value is -2.84. The Labute approximate surface area is 122 Å². The number of methoxy groups -OCH3 is 1. The molecule has 0 spiro atoms. The average Bonchev–Trinajstić information content (AvgIpc) is 2.96. The van der Waals surface area contributed by atoms with Gasteiger partial charge in [-0.1, -0.05) is 0 Å². The molecule has 1 N–H and O–H groups in total. The van der Waals surface area contributed by atoms with Gasteiger partial charge in [-0.25, -0.2) is 9.59 Å². The number of aromatic nitrogens is 2. The van der Waals surface area contributed by atoms with Crippen molar-refractivity contribution in [1.29, 1.82) is 0 Å². The van der Waals surface area contributed by atoms with E-state index in [9.17, 15) is 22.8 Å². The second-order valence-corrected chi connectivity index (χ2v) is 4.17. The second kappa shape index (κ2) is 5.88. The Balaban J connectivity index is 2.09. The highest BCUT2D eigenvalue weighted by Gasteiger charge is 2.30. The first-order valence-electron chi connectivity index (χ1n) is 5.93. The van der Waals surface area contributed by atoms with Crippen LogP contribution in [-0.2, 0) is 10.9 Å². The zero-order valence-corrected chi connectivity index (χ0v) is 11.2. The topological polar surface area (TPSA) is 73.2 Å². The number of hydrogen-bond acceptors (Lipinski definition) is 4. The molecular weight excluding hydrogens is 303 g/mol. The first kappa shape index (κ1) is 15.5. The molecule has 22 heavy (non-hydrogen) atoms. The third-order valence-electron chi connectivity index (χ3n) is 2.68. The number of hydrogen-bond donors (Lipinski definition) is 1. The van der Waals surface area contributed by atoms with Crippen LogP contribution in [0.15, 0.2) is 36.7 Å². The molecule has 2 rings (SSSR count). The predicted octanol–water partition coefficient (Wildman–Crippen LogP) is 2.77. The lowest BCUT2D eigenvalue weighted by molar-refractivity contribution is -0.137. The van der Waals surface area contributed by atoms with Crippen molar-refractivity contribution >= 4 is 17.7 Å². The van der Waals surface area contributed by atoms with Gasteiger partial charge < -0.3 is 10.1 Å². The van der Waals surface area contributed by atoms with Crippen molar-refractivity contribution in [2.75, 3.05) is 12.4 Å². The molecule has 0 aliphatic carbocycles. The number of amides is 1. The first-order valence-corrected chi connectivity index (χ1v) is 5.93. The minimum Gasteiger partial charge on any atom is -0.465 e. The number of ether oxygens (including phenoxy) is 1. The highest BCUT2D eigenvalue weighted by Crippen LogP contribution is 2.29. The highest BCUT2D eigenvalue weighted by molar-refractivity contribution is 5.93. The number of nitrogens with one attached hydrogen (secondary N) is 1. The van der Waals surface area contributed by atoms with Gasteiger partial charge in [0.25, 0.3) is 0 Å². The van der Waals surface area contributed by atoms with Crippen molar-refractivity contribution in [3.05, 3.63) is 47.8 Å². The summed E-state index contributed by atoms with van der Waals surface area (Å²) in [5.74, 6) is -0.659. The normalized spacial score (nSPS) is 11.1. The molecule has 0 atom stereocenters. The highest BCUT2D eigenvalue weighted by atomic mass is 19.4. The van der Waals surface area contributed by atoms with Crippen LogP contribution >= 0.6 is 0 Å². The summed E-state index contributed by atoms with van der Waals surface area (Å²) in [4.78, 5) is 23.1. The van der Waals surface area contributed by atoms with E-state index in [4.69, 9.17) is 0 Å². The summed E-state index contributed by atoms with van der Waals surface area (Å²) in [5.41, 5.74) is -0.587. The molecule has 0 saturated carbocycles. The van der Waals surface area contributed by atoms with Crippen LogP contribution in [0.3, 0.4) is 0 Å². The van der Waals surface area contributed by atoms with Crippen molar-refractivity contribution in [3.8, 4) is 0 Å². The standard InChI is InChI=1S/C13H10F3N3O3/c1-22-11(20)8-6-17-19(7-8)12(21)18-10-4-2-9(3-5-10)13(14,15)16/h2-7H,1H3,(H,18,21). The lowest BCUT2D eigenvalue weighted by Crippen LogP contribution is -2.20. The zero-order chi connectivity index (χ0) is 16.3. The van der Waals surface area contributed by atoms with Crippen LogP contribution in [0.25, 0.3) is 0 Å². The quantitative estimate of drug-likeness (QED) is 0.865. The van der Waals surface area contributed by atoms with E-state index in [1.807, 2.05) is 0 Å². The van der Waals surface area contributed by atoms with Gasteiger partial charge in [-0.2, -0.15) is 23.0 Å². The number of anilines is 1. The van der Waals surface area contributed by atoms with E-state index in [0.29, 0.717) is 0 Å². The average molecular weight is 313 g/mol. The smallest absolute Gasteiger partial charge is 0.416 e. The fourth-order valence-electron chi connectivity index (χ4n) is 1.58. The Morgan fingerprint density at radius 2 is 1.86 bits per heavy atom. The number of nitrogens with zero attached hydrogens (tertiary/aromatic N) is 2. The molecule has 6 nitrogen and oxygen atoms in total. The van der Waals surface area contributed by atoms with Gasteiger partial charge in [0.1, 0.15) is 0 Å². The summed E-state index contributed by atoms with van der Waals surface area (Å²) < 4.78 is 42.5. The van der Waals surface area contributed by atoms with Crippen LogP contribution in [0.1, 0.15) is 15.9 Å². The lowest BCUT2D eigenvalue weighted by Gasteiger charge is -2.08. The fourth-order valence-corrected chi connectivity index (χ4v) is 1.58. The molecule has 1 aromatic heterocycles. The maximum Gasteiger partial charge on any atom is 0.416 e. The molecule has 0 radical (unpaired) electrons. The molecule has 0 saturated heterocycles. The Morgan fingerprint density at radius 3 is 2.41 bits per heavy atom. The van der Waals surface area contributed by atoms with E-state index in [-0.39, 0.29) is 11.3 Å². The summed E-state index contributed by atoms with van der Waals surface area (Å²) in [7, 11) is 1.18. The van der Waals surface area contributed by atoms with Crippen LogP contribution in [0.4, 0.5) is 23.7 Å². The van der Waals surface area contributed by atoms with Gasteiger partial charge in [0.05, 0.1) is 30.6 Å². The molecule has 1 heterocycles. The SMILES string of the molecule is COC(=O)c1cnn(C(=O)Nc2ccc(C(F)(F)F)cc2)c1. The van der Waals surface area contributed by atoms with E-state index in [0.717, 1.165) is 41.3 Å². The molecule has 0 bridgehead atoms. The second-order valence-electron chi connectivity index (χ2n) is 4.17. The number of rotatable bonds is 2. The van der Waals surface area contributed by atoms with Gasteiger partial charge >= 0.3 is 18.2 Å². The lowest BCUT2D eigenvalue weighted by atomic mass is 10.2. The third kappa shape index (κ3) is 3.43. The summed E-state index contributed by atoms with van der Waals surface area (Å²) in [6, 6.07) is 3.20. The minimum absolute atomic E-state index is 0.0741. The minimum atomic E-state index is -4.44. The van der Waals surface area contributed by atoms with E-state index < -0.39 is 23.7 Å². The fraction of sp³-hybridized carbons (Fsp3) is 0.154. The van der Waals surface area contributed by atoms with Gasteiger partial charge in [0.15, 0.2) is 0 Å². The predicted molar refractivity (Wildman–Crippen MR) is 69.4 cm³/mol. The third-order valence-corrected chi connectivity index (χ3v) is 2.68. The van der Waals surface area contributed by atoms with Crippen LogP contribution in [0.5, 0.6) is 0 Å². The van der Waals surface area contributed by atoms with Crippen molar-refractivity contribution in [3.63, 3.8) is 0 Å². The van der Waals surface area contributed by atoms with E-state index in [1.54, 1.807) is 0 Å². The molecule has 2 aromatic rings. The van der Waals surface area contributed by atoms with Crippen LogP contribution in [0, 0.1) is 0 Å². The Bertz CT molecular complexity index is 693. The number of alkyl halides is 3. The van der Waals surface area contributed by atoms with E-state index in [2.05, 4.69) is 15.2 Å². The monoisotopic (exact) mass is 313 g/mol. The Kier molecular flexibility index (Phi) is 4.15. The molecule has 0 aliphatic heterocycles. The van der Waals surface area contributed by atoms with E-state index in [1.165, 1.54) is 7.11 Å². The molecule has 1 aromatic carbocycles. The molecular formula is C13H10F3N3O3. The Morgan fingerprint density at radius 1 is 1.23 bits per heavy atom. The molecule has 9 heteroatoms. The molecule has 0 unspecified atom stereocenters. The first-order chi connectivity index (χ1) is 10.3. The number of esters is 1. The summed E-state index contributed by atoms with van der Waals surface area (Å²) in [6.45, 7) is 0. The number of halogens is 3. The summed E-state index contributed by atoms with van der Waals surface area (Å²) in [6.07, 6.45) is -2.16. The van der Waals surface area contributed by atoms with Crippen LogP contribution in [-0.4, -0.2) is 28.9 Å². The zero-order valence-electron chi connectivity index (χ0n) is 11.2. The van der Waals surface area contributed by atoms with Gasteiger partial charge in [-0.15, -0.1) is 0 Å². The van der Waals surface area contributed by atoms with Crippen LogP contribution < -0.4 is 5.32 Å². The van der Waals surface area contributed by atoms with Crippen molar-refractivity contribution in [2.24, 2.45) is 0 Å². The molecule has 1 amide bonds. The van der Waals surface area contributed by atoms with Gasteiger partial charge in [-0.05, 0) is 24.3 Å². The molecule has 116 valence electrons. The van der Waals surface area contributed by atoms with Crippen molar-refractivity contribution < 1.29 is 27.5 Å². The summed E-state index contributed by atoms with van der Waals surface area (Å²) in [5, 5.41) is 6.01. The van der Waals surface area contributed by atoms with Crippen molar-refractivity contribution in [2.45, 2.75) is 6.18 Å². The number of carbonyl (C=O) groups excluding carboxylic acids is 2. The maximum atomic E-state index is 12.4. The van der Waals surface area contributed by atoms with Gasteiger partial charge in [-0.3, -0.25) is 0 Å². The van der Waals surface area contributed by atoms with Gasteiger partial charge in [0, 0.05) is 5.69 Å². The summed E-state index contributed by atoms with van der Waals surface area (Å²) >= 11 is 0. The van der Waals surface area contributed by atoms with Crippen LogP contribution in [0.2, 0.25) is 0 Å². The molecule has 0 fully saturated rings. The maximum absolute atomic E-state index is 12.4. The van der Waals surface area contributed by atoms with Gasteiger partial charge in [0.2, 0.25) is 0 Å². The molecule has 0 aliphatic rings. The van der Waals surface area contributed by atoms with E-state index >= 15 is 0 Å². The van der Waals surface area contributed by atoms with Crippen molar-refractivity contribution in [1.82, 2.24) is 9.78 Å². The largest absolute Gasteiger partial charge is 0.465 e.